The van der Waals surface area contributed by atoms with Gasteiger partial charge >= 0.3 is 0 Å². The Bertz CT molecular complexity index is 3740. The second kappa shape index (κ2) is 14.6. The lowest BCUT2D eigenvalue weighted by molar-refractivity contribution is 1.20. The van der Waals surface area contributed by atoms with Gasteiger partial charge in [-0.15, -0.1) is 0 Å². The third kappa shape index (κ3) is 5.81. The molecule has 2 heteroatoms. The highest BCUT2D eigenvalue weighted by molar-refractivity contribution is 6.33. The van der Waals surface area contributed by atoms with E-state index in [2.05, 4.69) is 252 Å². The molecular weight excluding hydrogens is 773 g/mol. The Morgan fingerprint density at radius 3 is 1.38 bits per heavy atom. The average molecular weight is 813 g/mol. The second-order valence-corrected chi connectivity index (χ2v) is 16.9. The third-order valence-electron chi connectivity index (χ3n) is 13.3. The molecule has 1 heterocycles. The van der Waals surface area contributed by atoms with E-state index in [4.69, 9.17) is 0 Å². The number of hydrogen-bond donors (Lipinski definition) is 0. The van der Waals surface area contributed by atoms with Crippen LogP contribution in [0.3, 0.4) is 0 Å². The van der Waals surface area contributed by atoms with E-state index in [-0.39, 0.29) is 0 Å². The normalized spacial score (nSPS) is 11.8. The Morgan fingerprint density at radius 1 is 0.250 bits per heavy atom. The summed E-state index contributed by atoms with van der Waals surface area (Å²) in [6.07, 6.45) is 0. The number of anilines is 3. The lowest BCUT2D eigenvalue weighted by Gasteiger charge is -2.26. The van der Waals surface area contributed by atoms with Crippen LogP contribution >= 0.6 is 0 Å². The van der Waals surface area contributed by atoms with Crippen LogP contribution < -0.4 is 4.90 Å². The zero-order valence-electron chi connectivity index (χ0n) is 35.0. The summed E-state index contributed by atoms with van der Waals surface area (Å²) < 4.78 is 2.50. The predicted molar refractivity (Wildman–Crippen MR) is 273 cm³/mol. The number of rotatable bonds is 7. The molecule has 0 N–H and O–H groups in total. The monoisotopic (exact) mass is 812 g/mol. The minimum Gasteiger partial charge on any atom is -0.311 e. The van der Waals surface area contributed by atoms with E-state index < -0.39 is 0 Å². The van der Waals surface area contributed by atoms with Crippen molar-refractivity contribution in [3.05, 3.63) is 243 Å². The number of fused-ring (bicyclic) bond motifs is 5. The molecule has 0 fully saturated rings. The summed E-state index contributed by atoms with van der Waals surface area (Å²) in [5, 5.41) is 12.8. The first-order valence-corrected chi connectivity index (χ1v) is 22.1. The Hall–Kier alpha value is -8.46. The predicted octanol–water partition coefficient (Wildman–Crippen LogP) is 17.3. The average Bonchev–Trinajstić information content (AvgIpc) is 3.69. The van der Waals surface area contributed by atoms with Crippen LogP contribution in [0.25, 0.3) is 104 Å². The van der Waals surface area contributed by atoms with Gasteiger partial charge in [-0.1, -0.05) is 182 Å². The fourth-order valence-electron chi connectivity index (χ4n) is 10.3. The smallest absolute Gasteiger partial charge is 0.0553 e. The Morgan fingerprint density at radius 2 is 0.734 bits per heavy atom. The summed E-state index contributed by atoms with van der Waals surface area (Å²) in [6, 6.07) is 88.9. The first-order valence-electron chi connectivity index (χ1n) is 22.1. The van der Waals surface area contributed by atoms with Crippen LogP contribution in [0.5, 0.6) is 0 Å². The fourth-order valence-corrected chi connectivity index (χ4v) is 10.3. The molecular formula is C62H40N2. The molecule has 0 aliphatic rings. The molecule has 0 spiro atoms. The molecule has 13 aromatic rings. The summed E-state index contributed by atoms with van der Waals surface area (Å²) in [5.41, 5.74) is 14.1. The zero-order chi connectivity index (χ0) is 42.1. The van der Waals surface area contributed by atoms with Crippen molar-refractivity contribution < 1.29 is 0 Å². The van der Waals surface area contributed by atoms with Crippen molar-refractivity contribution in [1.82, 2.24) is 4.57 Å². The van der Waals surface area contributed by atoms with Gasteiger partial charge < -0.3 is 9.47 Å². The highest BCUT2D eigenvalue weighted by Crippen LogP contribution is 2.45. The van der Waals surface area contributed by atoms with Crippen LogP contribution in [0.4, 0.5) is 17.1 Å². The molecule has 12 aromatic carbocycles. The molecule has 64 heavy (non-hydrogen) atoms. The first kappa shape index (κ1) is 36.2. The SMILES string of the molecule is c1ccc(-c2ccc(N(c3ccc(-c4ccccc4)cc3)c3ccc(-c4ccc5c(c4)c4c6ccc7cccc8ccc(cc4n5-c4cccc5ccccc45)c6c87)cc3)cc2)cc1. The maximum absolute atomic E-state index is 2.50. The van der Waals surface area contributed by atoms with Gasteiger partial charge in [-0.3, -0.25) is 0 Å². The van der Waals surface area contributed by atoms with Gasteiger partial charge in [-0.2, -0.15) is 0 Å². The van der Waals surface area contributed by atoms with E-state index in [1.54, 1.807) is 0 Å². The Kier molecular flexibility index (Phi) is 8.25. The van der Waals surface area contributed by atoms with Crippen molar-refractivity contribution in [2.45, 2.75) is 0 Å². The van der Waals surface area contributed by atoms with Crippen molar-refractivity contribution >= 4 is 82.0 Å². The largest absolute Gasteiger partial charge is 0.311 e. The summed E-state index contributed by atoms with van der Waals surface area (Å²) >= 11 is 0. The van der Waals surface area contributed by atoms with E-state index in [9.17, 15) is 0 Å². The summed E-state index contributed by atoms with van der Waals surface area (Å²) in [5.74, 6) is 0. The first-order chi connectivity index (χ1) is 31.7. The summed E-state index contributed by atoms with van der Waals surface area (Å²) in [7, 11) is 0. The van der Waals surface area contributed by atoms with Crippen molar-refractivity contribution in [2.24, 2.45) is 0 Å². The highest BCUT2D eigenvalue weighted by atomic mass is 15.1. The lowest BCUT2D eigenvalue weighted by Crippen LogP contribution is -2.09. The van der Waals surface area contributed by atoms with Gasteiger partial charge in [0, 0.05) is 33.2 Å². The van der Waals surface area contributed by atoms with Crippen LogP contribution in [0, 0.1) is 0 Å². The second-order valence-electron chi connectivity index (χ2n) is 16.9. The van der Waals surface area contributed by atoms with Gasteiger partial charge in [0.2, 0.25) is 0 Å². The van der Waals surface area contributed by atoms with Gasteiger partial charge in [0.25, 0.3) is 0 Å². The number of aromatic nitrogens is 1. The molecule has 1 aromatic heterocycles. The van der Waals surface area contributed by atoms with Gasteiger partial charge in [-0.25, -0.2) is 0 Å². The van der Waals surface area contributed by atoms with Crippen molar-refractivity contribution in [3.63, 3.8) is 0 Å². The van der Waals surface area contributed by atoms with E-state index >= 15 is 0 Å². The van der Waals surface area contributed by atoms with E-state index in [1.165, 1.54) is 104 Å². The van der Waals surface area contributed by atoms with Crippen LogP contribution in [-0.4, -0.2) is 4.57 Å². The maximum Gasteiger partial charge on any atom is 0.0553 e. The van der Waals surface area contributed by atoms with Crippen LogP contribution in [0.1, 0.15) is 0 Å². The molecule has 0 atom stereocenters. The number of nitrogens with zero attached hydrogens (tertiary/aromatic N) is 2. The lowest BCUT2D eigenvalue weighted by atomic mass is 9.91. The Labute approximate surface area is 371 Å². The summed E-state index contributed by atoms with van der Waals surface area (Å²) in [4.78, 5) is 2.36. The molecule has 13 rings (SSSR count). The minimum atomic E-state index is 1.10. The molecule has 0 radical (unpaired) electrons. The molecule has 0 amide bonds. The van der Waals surface area contributed by atoms with Gasteiger partial charge in [0.05, 0.1) is 16.7 Å². The van der Waals surface area contributed by atoms with Crippen LogP contribution in [0.2, 0.25) is 0 Å². The molecule has 0 unspecified atom stereocenters. The van der Waals surface area contributed by atoms with Crippen molar-refractivity contribution in [2.75, 3.05) is 4.90 Å². The van der Waals surface area contributed by atoms with Gasteiger partial charge in [0.15, 0.2) is 0 Å². The zero-order valence-corrected chi connectivity index (χ0v) is 35.0. The van der Waals surface area contributed by atoms with Crippen molar-refractivity contribution in [1.29, 1.82) is 0 Å². The van der Waals surface area contributed by atoms with Gasteiger partial charge in [0.1, 0.15) is 0 Å². The maximum atomic E-state index is 2.50. The Balaban J connectivity index is 0.968. The number of hydrogen-bond acceptors (Lipinski definition) is 1. The molecule has 2 nitrogen and oxygen atoms in total. The van der Waals surface area contributed by atoms with E-state index in [0.717, 1.165) is 17.1 Å². The third-order valence-corrected chi connectivity index (χ3v) is 13.3. The summed E-state index contributed by atoms with van der Waals surface area (Å²) in [6.45, 7) is 0. The van der Waals surface area contributed by atoms with Crippen LogP contribution in [-0.2, 0) is 0 Å². The standard InChI is InChI=1S/C62H40N2/c1-3-11-41(12-4-1)43-23-31-51(32-24-43)63(52-33-25-44(26-34-52)42-13-5-2-6-14-42)53-35-27-45(28-36-53)49-30-38-58-56(39-49)62-55-37-29-48-18-9-17-47-21-22-50(61(55)60(47)48)40-59(62)64(58)57-20-10-16-46-15-7-8-19-54(46)57/h1-40H. The quantitative estimate of drug-likeness (QED) is 0.146. The van der Waals surface area contributed by atoms with E-state index in [0.29, 0.717) is 0 Å². The minimum absolute atomic E-state index is 1.10. The molecule has 0 aliphatic carbocycles. The topological polar surface area (TPSA) is 8.17 Å². The van der Waals surface area contributed by atoms with Crippen molar-refractivity contribution in [3.8, 4) is 39.1 Å². The molecule has 0 aliphatic heterocycles. The van der Waals surface area contributed by atoms with E-state index in [1.807, 2.05) is 0 Å². The van der Waals surface area contributed by atoms with Crippen LogP contribution in [0.15, 0.2) is 243 Å². The number of benzene rings is 12. The molecule has 298 valence electrons. The fraction of sp³-hybridized carbons (Fsp3) is 0. The highest BCUT2D eigenvalue weighted by Gasteiger charge is 2.21. The van der Waals surface area contributed by atoms with Gasteiger partial charge in [-0.05, 0) is 132 Å². The molecule has 0 saturated carbocycles. The molecule has 0 saturated heterocycles. The molecule has 0 bridgehead atoms.